The maximum atomic E-state index is 13.3. The van der Waals surface area contributed by atoms with Crippen LogP contribution in [-0.4, -0.2) is 196 Å². The average molecular weight is 1970 g/mol. The van der Waals surface area contributed by atoms with E-state index in [0.29, 0.717) is 126 Å². The van der Waals surface area contributed by atoms with E-state index in [1.54, 1.807) is 27.7 Å². The lowest BCUT2D eigenvalue weighted by Crippen LogP contribution is -2.62. The lowest BCUT2D eigenvalue weighted by Gasteiger charge is -2.61. The molecule has 18 aliphatic carbocycles. The van der Waals surface area contributed by atoms with Gasteiger partial charge in [-0.2, -0.15) is 26.3 Å². The van der Waals surface area contributed by atoms with Gasteiger partial charge in [0.2, 0.25) is 0 Å². The van der Waals surface area contributed by atoms with Gasteiger partial charge in [-0.25, -0.2) is 9.59 Å². The normalized spacial score (nSPS) is 35.0. The summed E-state index contributed by atoms with van der Waals surface area (Å²) < 4.78 is 133. The van der Waals surface area contributed by atoms with Gasteiger partial charge < -0.3 is 78.4 Å². The first-order valence-electron chi connectivity index (χ1n) is 51.3. The van der Waals surface area contributed by atoms with Gasteiger partial charge in [-0.1, -0.05) is 41.5 Å². The van der Waals surface area contributed by atoms with E-state index in [0.717, 1.165) is 161 Å². The molecule has 33 heteroatoms. The number of carbonyl (C=O) groups excluding carboxylic acids is 6. The average Bonchev–Trinajstić information content (AvgIpc) is 0.722. The molecule has 18 aliphatic rings. The van der Waals surface area contributed by atoms with Crippen LogP contribution in [0.5, 0.6) is 0 Å². The maximum Gasteiger partial charge on any atom is 0.417 e. The second-order valence-electron chi connectivity index (χ2n) is 49.5. The van der Waals surface area contributed by atoms with Crippen molar-refractivity contribution < 1.29 is 157 Å². The number of carboxylic acid groups (broad SMARTS) is 5. The van der Waals surface area contributed by atoms with Crippen molar-refractivity contribution in [1.29, 1.82) is 0 Å². The van der Waals surface area contributed by atoms with Crippen LogP contribution in [0.15, 0.2) is 0 Å². The predicted octanol–water partition coefficient (Wildman–Crippen LogP) is 21.0. The molecule has 18 rings (SSSR count). The Morgan fingerprint density at radius 2 is 0.623 bits per heavy atom. The van der Waals surface area contributed by atoms with Crippen LogP contribution in [0.25, 0.3) is 0 Å². The Kier molecular flexibility index (Phi) is 35.6. The quantitative estimate of drug-likeness (QED) is 0.0139. The number of esters is 6. The third kappa shape index (κ3) is 27.2. The number of ether oxygens (including phenoxy) is 9. The van der Waals surface area contributed by atoms with Gasteiger partial charge in [0.25, 0.3) is 0 Å². The number of aliphatic carboxylic acids is 5. The fourth-order valence-corrected chi connectivity index (χ4v) is 25.8. The Bertz CT molecular complexity index is 4210. The van der Waals surface area contributed by atoms with Crippen molar-refractivity contribution >= 4 is 65.7 Å². The summed E-state index contributed by atoms with van der Waals surface area (Å²) >= 11 is 0. The van der Waals surface area contributed by atoms with Crippen LogP contribution in [0.2, 0.25) is 0 Å². The summed E-state index contributed by atoms with van der Waals surface area (Å²) in [6, 6.07) is 0. The molecule has 0 aliphatic heterocycles. The van der Waals surface area contributed by atoms with Crippen molar-refractivity contribution in [3.63, 3.8) is 0 Å². The Balaban J connectivity index is 0.000000186. The van der Waals surface area contributed by atoms with Crippen molar-refractivity contribution in [3.05, 3.63) is 0 Å². The Morgan fingerprint density at radius 1 is 0.341 bits per heavy atom. The summed E-state index contributed by atoms with van der Waals surface area (Å²) in [4.78, 5) is 130. The zero-order valence-corrected chi connectivity index (χ0v) is 86.1. The van der Waals surface area contributed by atoms with E-state index in [4.69, 9.17) is 58.0 Å². The third-order valence-electron chi connectivity index (χ3n) is 35.4. The van der Waals surface area contributed by atoms with Crippen LogP contribution < -0.4 is 0 Å². The van der Waals surface area contributed by atoms with Gasteiger partial charge >= 0.3 is 78.0 Å². The molecular formula is C105H166F6O27. The molecule has 27 nitrogen and oxygen atoms in total. The summed E-state index contributed by atoms with van der Waals surface area (Å²) in [5.74, 6) is -5.20. The van der Waals surface area contributed by atoms with E-state index in [1.165, 1.54) is 6.42 Å². The Hall–Kier alpha value is -6.45. The zero-order valence-electron chi connectivity index (χ0n) is 86.1. The number of aliphatic hydroxyl groups is 2. The first-order valence-corrected chi connectivity index (χ1v) is 51.3. The van der Waals surface area contributed by atoms with Crippen molar-refractivity contribution in [2.45, 2.75) is 477 Å². The first-order chi connectivity index (χ1) is 63.3. The number of carboxylic acids is 5. The van der Waals surface area contributed by atoms with Gasteiger partial charge in [0.15, 0.2) is 17.3 Å². The molecule has 0 aromatic carbocycles. The molecule has 13 unspecified atom stereocenters. The minimum absolute atomic E-state index is 0.0852. The molecule has 790 valence electrons. The van der Waals surface area contributed by atoms with E-state index >= 15 is 0 Å². The predicted molar refractivity (Wildman–Crippen MR) is 495 cm³/mol. The fourth-order valence-electron chi connectivity index (χ4n) is 25.8. The van der Waals surface area contributed by atoms with Crippen LogP contribution in [0.4, 0.5) is 26.3 Å². The van der Waals surface area contributed by atoms with Gasteiger partial charge in [0.05, 0.1) is 60.6 Å². The van der Waals surface area contributed by atoms with E-state index in [-0.39, 0.29) is 66.1 Å². The highest BCUT2D eigenvalue weighted by molar-refractivity contribution is 5.80. The summed E-state index contributed by atoms with van der Waals surface area (Å²) in [6.45, 7) is 36.7. The van der Waals surface area contributed by atoms with E-state index in [1.807, 2.05) is 104 Å². The van der Waals surface area contributed by atoms with Gasteiger partial charge in [-0.3, -0.25) is 43.2 Å². The van der Waals surface area contributed by atoms with Gasteiger partial charge in [-0.15, -0.1) is 0 Å². The molecule has 0 heterocycles. The zero-order chi connectivity index (χ0) is 104. The lowest BCUT2D eigenvalue weighted by molar-refractivity contribution is -0.299. The Labute approximate surface area is 812 Å². The summed E-state index contributed by atoms with van der Waals surface area (Å²) in [5.41, 5.74) is -13.3. The highest BCUT2D eigenvalue weighted by atomic mass is 19.4. The molecule has 18 fully saturated rings. The maximum absolute atomic E-state index is 13.3. The molecule has 0 aromatic rings. The number of hydrogen-bond donors (Lipinski definition) is 7. The molecule has 0 spiro atoms. The number of halogens is 6. The molecule has 0 amide bonds. The summed E-state index contributed by atoms with van der Waals surface area (Å²) in [5, 5.41) is 65.5. The molecule has 7 N–H and O–H groups in total. The Morgan fingerprint density at radius 3 is 0.913 bits per heavy atom. The minimum Gasteiger partial charge on any atom is -0.481 e. The number of carbonyl (C=O) groups is 11. The largest absolute Gasteiger partial charge is 0.481 e. The van der Waals surface area contributed by atoms with Crippen molar-refractivity contribution in [2.24, 2.45) is 103 Å². The first kappa shape index (κ1) is 115. The number of hydrogen-bond acceptors (Lipinski definition) is 22. The van der Waals surface area contributed by atoms with Gasteiger partial charge in [0, 0.05) is 50.5 Å². The van der Waals surface area contributed by atoms with Crippen molar-refractivity contribution in [3.8, 4) is 0 Å². The lowest BCUT2D eigenvalue weighted by atomic mass is 9.48. The fraction of sp³-hybridized carbons (Fsp3) is 0.895. The van der Waals surface area contributed by atoms with E-state index in [2.05, 4.69) is 0 Å². The summed E-state index contributed by atoms with van der Waals surface area (Å²) in [7, 11) is 0. The standard InChI is InChI=1S/C20H32O5.C19H30O5.C18H28F6O4.C18H28O5.C17H26O4.C13H22O4/c1-4-18(2,3)17(23)25-20-11-14-8-15(12-20)10-19(9-14,13-20)24-7-5-6-16(21)22;1-5-17(3,4)16(22)24-19-9-13-6-14(10-19)8-18(7-13,11-19)23-12(2)15(20)21;1-6-14(2,3)13(25)28-12-8-10(15(4,26)17(19,20)21)7-11(9-12)16(5,27)18(22,23)24;1-4-16(2,3)15(21)23-18-8-12-5-13(9-18)7-17(6-12,11-18)22-10-14(19)20;1-4-15(2,3)14(20)21-17-8-11-5-12(9-17)7-16(6-11,10-17)13(18)19;1-4-13(2,3)12(16)17-10-7-5-9(6-8-10)11(14)15/h14-15H,4-13H2,1-3H3,(H,21,22);12-14H,5-11H2,1-4H3,(H,20,21);10-12,26-27H,6-9H2,1-5H3;12-13H,4-11H2,1-3H3,(H,19,20);11-12H,4-10H2,1-3H3,(H,18,19);9-10H,4-8H2,1-3H3,(H,14,15). The van der Waals surface area contributed by atoms with Crippen molar-refractivity contribution in [1.82, 2.24) is 0 Å². The molecule has 0 saturated heterocycles. The topological polar surface area (TPSA) is 412 Å². The molecule has 138 heavy (non-hydrogen) atoms. The molecule has 13 atom stereocenters. The molecular weight excluding hydrogens is 1810 g/mol. The second kappa shape index (κ2) is 42.7. The van der Waals surface area contributed by atoms with Crippen LogP contribution in [-0.2, 0) is 95.4 Å². The van der Waals surface area contributed by atoms with Gasteiger partial charge in [0.1, 0.15) is 41.2 Å². The molecule has 0 aromatic heterocycles. The minimum atomic E-state index is -5.10. The molecule has 16 bridgehead atoms. The van der Waals surface area contributed by atoms with Crippen LogP contribution >= 0.6 is 0 Å². The molecule has 18 saturated carbocycles. The number of alkyl halides is 6. The highest BCUT2D eigenvalue weighted by Gasteiger charge is 2.68. The van der Waals surface area contributed by atoms with E-state index in [9.17, 15) is 99.5 Å². The summed E-state index contributed by atoms with van der Waals surface area (Å²) in [6.07, 6.45) is 15.1. The smallest absolute Gasteiger partial charge is 0.417 e. The monoisotopic (exact) mass is 1970 g/mol. The molecule has 0 radical (unpaired) electrons. The highest BCUT2D eigenvalue weighted by Crippen LogP contribution is 2.67. The third-order valence-corrected chi connectivity index (χ3v) is 35.4. The second-order valence-corrected chi connectivity index (χ2v) is 49.5. The number of rotatable bonds is 33. The SMILES string of the molecule is CCC(C)(C)C(=O)OC12CC3CC(C1)CC(C(=O)O)(C3)C2.CCC(C)(C)C(=O)OC12CC3CC(C1)CC(OC(C)C(=O)O)(C3)C2.CCC(C)(C)C(=O)OC12CC3CC(CC(OCC(=O)O)(C3)C1)C2.CCC(C)(C)C(=O)OC12CC3CC(CC(OCCCC(=O)O)(C3)C1)C2.CCC(C)(C)C(=O)OC1CC(C(C)(O)C(F)(F)F)CC(C(C)(O)C(F)(F)F)C1.CCC(C)(C)C(=O)OC1CCC(C(=O)O)CC1. The van der Waals surface area contributed by atoms with E-state index < -0.39 is 169 Å². The van der Waals surface area contributed by atoms with Crippen LogP contribution in [0, 0.1) is 103 Å². The van der Waals surface area contributed by atoms with Crippen molar-refractivity contribution in [2.75, 3.05) is 13.2 Å². The van der Waals surface area contributed by atoms with Crippen LogP contribution in [0.1, 0.15) is 396 Å². The van der Waals surface area contributed by atoms with Gasteiger partial charge in [-0.05, 0) is 370 Å². The van der Waals surface area contributed by atoms with Crippen LogP contribution in [0.3, 0.4) is 0 Å².